The SMILES string of the molecule is COc1c(C(=O)N[C@@H](C)C(N)=O)ccc2[nH]nc(/C=C/c3ccccc3)c12. The zero-order valence-electron chi connectivity index (χ0n) is 15.0. The molecular weight excluding hydrogens is 344 g/mol. The lowest BCUT2D eigenvalue weighted by atomic mass is 10.1. The van der Waals surface area contributed by atoms with Crippen LogP contribution in [0.15, 0.2) is 42.5 Å². The van der Waals surface area contributed by atoms with Crippen molar-refractivity contribution in [1.82, 2.24) is 15.5 Å². The van der Waals surface area contributed by atoms with Crippen LogP contribution in [-0.4, -0.2) is 35.2 Å². The second kappa shape index (κ2) is 7.74. The second-order valence-electron chi connectivity index (χ2n) is 6.02. The Morgan fingerprint density at radius 1 is 1.19 bits per heavy atom. The molecule has 0 bridgehead atoms. The Bertz CT molecular complexity index is 1010. The molecule has 0 aliphatic rings. The van der Waals surface area contributed by atoms with Crippen LogP contribution in [0.25, 0.3) is 23.1 Å². The maximum absolute atomic E-state index is 12.5. The summed E-state index contributed by atoms with van der Waals surface area (Å²) in [7, 11) is 1.49. The maximum atomic E-state index is 12.5. The van der Waals surface area contributed by atoms with Gasteiger partial charge in [-0.15, -0.1) is 0 Å². The Kier molecular flexibility index (Phi) is 5.21. The smallest absolute Gasteiger partial charge is 0.255 e. The maximum Gasteiger partial charge on any atom is 0.255 e. The average molecular weight is 364 g/mol. The Hall–Kier alpha value is -3.61. The Morgan fingerprint density at radius 2 is 1.93 bits per heavy atom. The summed E-state index contributed by atoms with van der Waals surface area (Å²) in [6, 6.07) is 12.4. The molecule has 2 amide bonds. The van der Waals surface area contributed by atoms with Crippen molar-refractivity contribution in [2.24, 2.45) is 5.73 Å². The lowest BCUT2D eigenvalue weighted by molar-refractivity contribution is -0.119. The van der Waals surface area contributed by atoms with E-state index in [2.05, 4.69) is 15.5 Å². The first-order chi connectivity index (χ1) is 13.0. The highest BCUT2D eigenvalue weighted by Crippen LogP contribution is 2.32. The number of primary amides is 1. The van der Waals surface area contributed by atoms with Gasteiger partial charge in [-0.05, 0) is 30.7 Å². The zero-order valence-corrected chi connectivity index (χ0v) is 15.0. The lowest BCUT2D eigenvalue weighted by Gasteiger charge is -2.13. The van der Waals surface area contributed by atoms with Gasteiger partial charge in [0.2, 0.25) is 5.91 Å². The Balaban J connectivity index is 2.02. The van der Waals surface area contributed by atoms with Crippen molar-refractivity contribution in [3.8, 4) is 5.75 Å². The van der Waals surface area contributed by atoms with Crippen LogP contribution in [0.3, 0.4) is 0 Å². The number of nitrogens with one attached hydrogen (secondary N) is 2. The van der Waals surface area contributed by atoms with Crippen LogP contribution in [-0.2, 0) is 4.79 Å². The summed E-state index contributed by atoms with van der Waals surface area (Å²) in [5, 5.41) is 10.5. The average Bonchev–Trinajstić information content (AvgIpc) is 3.09. The first-order valence-electron chi connectivity index (χ1n) is 8.39. The van der Waals surface area contributed by atoms with E-state index in [0.29, 0.717) is 22.4 Å². The third-order valence-electron chi connectivity index (χ3n) is 4.17. The van der Waals surface area contributed by atoms with Gasteiger partial charge in [0.15, 0.2) is 0 Å². The lowest BCUT2D eigenvalue weighted by Crippen LogP contribution is -2.42. The summed E-state index contributed by atoms with van der Waals surface area (Å²) in [6.07, 6.45) is 3.78. The molecule has 4 N–H and O–H groups in total. The number of benzene rings is 2. The van der Waals surface area contributed by atoms with Gasteiger partial charge < -0.3 is 15.8 Å². The molecule has 7 heteroatoms. The number of amides is 2. The minimum absolute atomic E-state index is 0.300. The molecule has 3 aromatic rings. The number of carbonyl (C=O) groups is 2. The van der Waals surface area contributed by atoms with Gasteiger partial charge in [0.25, 0.3) is 5.91 Å². The molecule has 0 fully saturated rings. The van der Waals surface area contributed by atoms with Crippen molar-refractivity contribution in [3.05, 3.63) is 59.3 Å². The topological polar surface area (TPSA) is 110 Å². The first-order valence-corrected chi connectivity index (χ1v) is 8.39. The van der Waals surface area contributed by atoms with Gasteiger partial charge >= 0.3 is 0 Å². The monoisotopic (exact) mass is 364 g/mol. The van der Waals surface area contributed by atoms with Crippen LogP contribution in [0.1, 0.15) is 28.5 Å². The molecule has 0 spiro atoms. The third kappa shape index (κ3) is 3.82. The number of methoxy groups -OCH3 is 1. The summed E-state index contributed by atoms with van der Waals surface area (Å²) in [5.41, 5.74) is 7.92. The minimum atomic E-state index is -0.792. The normalized spacial score (nSPS) is 12.2. The number of hydrogen-bond acceptors (Lipinski definition) is 4. The molecule has 0 radical (unpaired) electrons. The summed E-state index contributed by atoms with van der Waals surface area (Å²) in [6.45, 7) is 1.52. The molecule has 1 aromatic heterocycles. The number of carbonyl (C=O) groups excluding carboxylic acids is 2. The molecule has 0 aliphatic carbocycles. The van der Waals surface area contributed by atoms with Crippen LogP contribution in [0.5, 0.6) is 5.75 Å². The largest absolute Gasteiger partial charge is 0.495 e. The van der Waals surface area contributed by atoms with Gasteiger partial charge in [0, 0.05) is 0 Å². The summed E-state index contributed by atoms with van der Waals surface area (Å²) in [4.78, 5) is 23.8. The zero-order chi connectivity index (χ0) is 19.4. The first kappa shape index (κ1) is 18.2. The number of hydrogen-bond donors (Lipinski definition) is 3. The highest BCUT2D eigenvalue weighted by atomic mass is 16.5. The number of nitrogens with zero attached hydrogens (tertiary/aromatic N) is 1. The second-order valence-corrected chi connectivity index (χ2v) is 6.02. The van der Waals surface area contributed by atoms with E-state index in [4.69, 9.17) is 10.5 Å². The van der Waals surface area contributed by atoms with Crippen LogP contribution in [0.4, 0.5) is 0 Å². The van der Waals surface area contributed by atoms with Gasteiger partial charge in [-0.3, -0.25) is 14.7 Å². The molecule has 27 heavy (non-hydrogen) atoms. The number of rotatable bonds is 6. The molecular formula is C20H20N4O3. The van der Waals surface area contributed by atoms with Gasteiger partial charge in [0.05, 0.1) is 29.3 Å². The molecule has 0 saturated carbocycles. The van der Waals surface area contributed by atoms with Crippen molar-refractivity contribution in [2.45, 2.75) is 13.0 Å². The molecule has 138 valence electrons. The molecule has 0 saturated heterocycles. The molecule has 1 atom stereocenters. The standard InChI is InChI=1S/C20H20N4O3/c1-12(19(21)25)22-20(26)14-9-11-16-17(18(14)27-2)15(23-24-16)10-8-13-6-4-3-5-7-13/h3-12H,1-2H3,(H2,21,25)(H,22,26)(H,23,24)/b10-8+/t12-/m0/s1. The van der Waals surface area contributed by atoms with Gasteiger partial charge in [-0.1, -0.05) is 36.4 Å². The van der Waals surface area contributed by atoms with E-state index in [9.17, 15) is 9.59 Å². The van der Waals surface area contributed by atoms with E-state index < -0.39 is 17.9 Å². The number of H-pyrrole nitrogens is 1. The fourth-order valence-electron chi connectivity index (χ4n) is 2.70. The van der Waals surface area contributed by atoms with E-state index in [0.717, 1.165) is 11.1 Å². The summed E-state index contributed by atoms with van der Waals surface area (Å²) in [5.74, 6) is -0.680. The predicted molar refractivity (Wildman–Crippen MR) is 104 cm³/mol. The van der Waals surface area contributed by atoms with Crippen LogP contribution >= 0.6 is 0 Å². The van der Waals surface area contributed by atoms with Crippen molar-refractivity contribution in [2.75, 3.05) is 7.11 Å². The molecule has 2 aromatic carbocycles. The Labute approximate surface area is 156 Å². The molecule has 3 rings (SSSR count). The van der Waals surface area contributed by atoms with Crippen molar-refractivity contribution < 1.29 is 14.3 Å². The van der Waals surface area contributed by atoms with E-state index in [1.165, 1.54) is 14.0 Å². The third-order valence-corrected chi connectivity index (χ3v) is 4.17. The quantitative estimate of drug-likeness (QED) is 0.623. The predicted octanol–water partition coefficient (Wildman–Crippen LogP) is 2.35. The van der Waals surface area contributed by atoms with Crippen molar-refractivity contribution in [3.63, 3.8) is 0 Å². The van der Waals surface area contributed by atoms with E-state index >= 15 is 0 Å². The van der Waals surface area contributed by atoms with Gasteiger partial charge in [0.1, 0.15) is 11.8 Å². The fourth-order valence-corrected chi connectivity index (χ4v) is 2.70. The number of aromatic nitrogens is 2. The number of nitrogens with two attached hydrogens (primary N) is 1. The number of aromatic amines is 1. The van der Waals surface area contributed by atoms with E-state index in [1.807, 2.05) is 42.5 Å². The molecule has 7 nitrogen and oxygen atoms in total. The highest BCUT2D eigenvalue weighted by Gasteiger charge is 2.21. The number of fused-ring (bicyclic) bond motifs is 1. The summed E-state index contributed by atoms with van der Waals surface area (Å²) < 4.78 is 5.50. The van der Waals surface area contributed by atoms with E-state index in [1.54, 1.807) is 12.1 Å². The van der Waals surface area contributed by atoms with Crippen LogP contribution < -0.4 is 15.8 Å². The van der Waals surface area contributed by atoms with E-state index in [-0.39, 0.29) is 0 Å². The fraction of sp³-hybridized carbons (Fsp3) is 0.150. The highest BCUT2D eigenvalue weighted by molar-refractivity contribution is 6.06. The number of ether oxygens (including phenoxy) is 1. The molecule has 0 unspecified atom stereocenters. The Morgan fingerprint density at radius 3 is 2.59 bits per heavy atom. The van der Waals surface area contributed by atoms with Crippen molar-refractivity contribution >= 4 is 34.9 Å². The molecule has 1 heterocycles. The minimum Gasteiger partial charge on any atom is -0.495 e. The van der Waals surface area contributed by atoms with Gasteiger partial charge in [-0.2, -0.15) is 5.10 Å². The van der Waals surface area contributed by atoms with Crippen molar-refractivity contribution in [1.29, 1.82) is 0 Å². The molecule has 0 aliphatic heterocycles. The van der Waals surface area contributed by atoms with Gasteiger partial charge in [-0.25, -0.2) is 0 Å². The summed E-state index contributed by atoms with van der Waals surface area (Å²) >= 11 is 0. The van der Waals surface area contributed by atoms with Crippen LogP contribution in [0.2, 0.25) is 0 Å². The van der Waals surface area contributed by atoms with Crippen LogP contribution in [0, 0.1) is 0 Å².